The van der Waals surface area contributed by atoms with Crippen molar-refractivity contribution in [1.82, 2.24) is 9.55 Å². The molecule has 0 fully saturated rings. The van der Waals surface area contributed by atoms with Crippen LogP contribution in [0, 0.1) is 0 Å². The van der Waals surface area contributed by atoms with Crippen LogP contribution in [0.5, 0.6) is 5.75 Å². The summed E-state index contributed by atoms with van der Waals surface area (Å²) < 4.78 is 2.00. The van der Waals surface area contributed by atoms with Crippen LogP contribution in [0.2, 0.25) is 5.02 Å². The van der Waals surface area contributed by atoms with E-state index in [1.165, 1.54) is 0 Å². The highest BCUT2D eigenvalue weighted by atomic mass is 35.5. The van der Waals surface area contributed by atoms with Crippen molar-refractivity contribution >= 4 is 22.6 Å². The van der Waals surface area contributed by atoms with Gasteiger partial charge in [0.25, 0.3) is 0 Å². The zero-order valence-electron chi connectivity index (χ0n) is 9.76. The van der Waals surface area contributed by atoms with Gasteiger partial charge in [0, 0.05) is 23.7 Å². The van der Waals surface area contributed by atoms with Gasteiger partial charge in [0.15, 0.2) is 0 Å². The van der Waals surface area contributed by atoms with E-state index in [2.05, 4.69) is 4.98 Å². The van der Waals surface area contributed by atoms with Gasteiger partial charge in [-0.3, -0.25) is 0 Å². The summed E-state index contributed by atoms with van der Waals surface area (Å²) in [5.74, 6) is 1.08. The highest BCUT2D eigenvalue weighted by Crippen LogP contribution is 2.26. The predicted octanol–water partition coefficient (Wildman–Crippen LogP) is 3.60. The second-order valence-corrected chi connectivity index (χ2v) is 4.61. The molecule has 1 N–H and O–H groups in total. The molecule has 0 atom stereocenters. The molecule has 2 aromatic carbocycles. The molecule has 0 bridgehead atoms. The molecule has 0 spiro atoms. The first kappa shape index (κ1) is 11.1. The largest absolute Gasteiger partial charge is 0.508 e. The average Bonchev–Trinajstić information content (AvgIpc) is 2.67. The highest BCUT2D eigenvalue weighted by molar-refractivity contribution is 6.30. The molecule has 0 radical (unpaired) electrons. The van der Waals surface area contributed by atoms with Gasteiger partial charge in [-0.1, -0.05) is 11.6 Å². The van der Waals surface area contributed by atoms with E-state index in [4.69, 9.17) is 11.6 Å². The number of phenols is 1. The molecule has 0 aliphatic rings. The maximum absolute atomic E-state index is 9.47. The Labute approximate surface area is 109 Å². The molecule has 90 valence electrons. The lowest BCUT2D eigenvalue weighted by Crippen LogP contribution is -1.91. The second kappa shape index (κ2) is 4.03. The zero-order chi connectivity index (χ0) is 12.7. The Kier molecular flexibility index (Phi) is 2.49. The fraction of sp³-hybridized carbons (Fsp3) is 0.0714. The van der Waals surface area contributed by atoms with E-state index in [9.17, 15) is 5.11 Å². The lowest BCUT2D eigenvalue weighted by Gasteiger charge is -2.02. The first-order valence-electron chi connectivity index (χ1n) is 5.56. The third-order valence-electron chi connectivity index (χ3n) is 2.97. The smallest absolute Gasteiger partial charge is 0.140 e. The van der Waals surface area contributed by atoms with E-state index in [0.29, 0.717) is 5.02 Å². The Morgan fingerprint density at radius 1 is 1.11 bits per heavy atom. The van der Waals surface area contributed by atoms with Crippen LogP contribution in [0.25, 0.3) is 22.4 Å². The number of hydrogen-bond donors (Lipinski definition) is 1. The summed E-state index contributed by atoms with van der Waals surface area (Å²) in [4.78, 5) is 4.53. The third-order valence-corrected chi connectivity index (χ3v) is 3.22. The van der Waals surface area contributed by atoms with Crippen LogP contribution in [0.1, 0.15) is 0 Å². The Morgan fingerprint density at radius 3 is 2.56 bits per heavy atom. The maximum atomic E-state index is 9.47. The standard InChI is InChI=1S/C14H11ClN2O/c1-17-13-7-6-11(18)8-12(13)16-14(17)9-2-4-10(15)5-3-9/h2-8,18H,1H3. The second-order valence-electron chi connectivity index (χ2n) is 4.17. The SMILES string of the molecule is Cn1c(-c2ccc(Cl)cc2)nc2cc(O)ccc21. The topological polar surface area (TPSA) is 38.0 Å². The molecule has 0 aliphatic heterocycles. The average molecular weight is 259 g/mol. The minimum atomic E-state index is 0.225. The van der Waals surface area contributed by atoms with Gasteiger partial charge in [0.1, 0.15) is 11.6 Å². The van der Waals surface area contributed by atoms with Crippen molar-refractivity contribution in [2.75, 3.05) is 0 Å². The number of halogens is 1. The van der Waals surface area contributed by atoms with Gasteiger partial charge >= 0.3 is 0 Å². The molecule has 3 aromatic rings. The van der Waals surface area contributed by atoms with Crippen molar-refractivity contribution in [2.45, 2.75) is 0 Å². The van der Waals surface area contributed by atoms with Gasteiger partial charge in [-0.25, -0.2) is 4.98 Å². The summed E-state index contributed by atoms with van der Waals surface area (Å²) >= 11 is 5.88. The number of aromatic hydroxyl groups is 1. The summed E-state index contributed by atoms with van der Waals surface area (Å²) in [6.07, 6.45) is 0. The van der Waals surface area contributed by atoms with E-state index >= 15 is 0 Å². The molecule has 0 aliphatic carbocycles. The van der Waals surface area contributed by atoms with Crippen molar-refractivity contribution in [3.63, 3.8) is 0 Å². The molecule has 0 unspecified atom stereocenters. The van der Waals surface area contributed by atoms with E-state index in [0.717, 1.165) is 22.4 Å². The molecule has 0 amide bonds. The lowest BCUT2D eigenvalue weighted by molar-refractivity contribution is 0.476. The molecular weight excluding hydrogens is 248 g/mol. The van der Waals surface area contributed by atoms with E-state index < -0.39 is 0 Å². The first-order chi connectivity index (χ1) is 8.65. The summed E-state index contributed by atoms with van der Waals surface area (Å²) in [5, 5.41) is 10.2. The van der Waals surface area contributed by atoms with Gasteiger partial charge in [-0.2, -0.15) is 0 Å². The number of rotatable bonds is 1. The Bertz CT molecular complexity index is 716. The van der Waals surface area contributed by atoms with Crippen molar-refractivity contribution < 1.29 is 5.11 Å². The van der Waals surface area contributed by atoms with Crippen LogP contribution < -0.4 is 0 Å². The van der Waals surface area contributed by atoms with E-state index in [1.807, 2.05) is 41.9 Å². The molecule has 0 saturated heterocycles. The summed E-state index contributed by atoms with van der Waals surface area (Å²) in [6, 6.07) is 12.7. The number of phenolic OH excluding ortho intramolecular Hbond substituents is 1. The van der Waals surface area contributed by atoms with Crippen LogP contribution >= 0.6 is 11.6 Å². The maximum Gasteiger partial charge on any atom is 0.140 e. The highest BCUT2D eigenvalue weighted by Gasteiger charge is 2.09. The summed E-state index contributed by atoms with van der Waals surface area (Å²) in [6.45, 7) is 0. The van der Waals surface area contributed by atoms with Crippen LogP contribution in [-0.4, -0.2) is 14.7 Å². The molecule has 1 heterocycles. The van der Waals surface area contributed by atoms with Crippen LogP contribution in [0.3, 0.4) is 0 Å². The van der Waals surface area contributed by atoms with Crippen molar-refractivity contribution in [2.24, 2.45) is 7.05 Å². The molecule has 4 heteroatoms. The minimum absolute atomic E-state index is 0.225. The molecular formula is C14H11ClN2O. The van der Waals surface area contributed by atoms with E-state index in [-0.39, 0.29) is 5.75 Å². The van der Waals surface area contributed by atoms with Crippen LogP contribution in [0.4, 0.5) is 0 Å². The van der Waals surface area contributed by atoms with E-state index in [1.54, 1.807) is 12.1 Å². The van der Waals surface area contributed by atoms with Gasteiger partial charge in [0.05, 0.1) is 11.0 Å². The quantitative estimate of drug-likeness (QED) is 0.724. The van der Waals surface area contributed by atoms with Crippen LogP contribution in [0.15, 0.2) is 42.5 Å². The van der Waals surface area contributed by atoms with Gasteiger partial charge in [0.2, 0.25) is 0 Å². The molecule has 3 rings (SSSR count). The Morgan fingerprint density at radius 2 is 1.83 bits per heavy atom. The fourth-order valence-corrected chi connectivity index (χ4v) is 2.17. The fourth-order valence-electron chi connectivity index (χ4n) is 2.05. The van der Waals surface area contributed by atoms with Gasteiger partial charge in [-0.15, -0.1) is 0 Å². The van der Waals surface area contributed by atoms with Crippen molar-refractivity contribution in [3.05, 3.63) is 47.5 Å². The number of imidazole rings is 1. The van der Waals surface area contributed by atoms with Crippen LogP contribution in [-0.2, 0) is 7.05 Å². The molecule has 18 heavy (non-hydrogen) atoms. The number of hydrogen-bond acceptors (Lipinski definition) is 2. The normalized spacial score (nSPS) is 11.0. The first-order valence-corrected chi connectivity index (χ1v) is 5.94. The number of aryl methyl sites for hydroxylation is 1. The number of fused-ring (bicyclic) bond motifs is 1. The Hall–Kier alpha value is -2.00. The minimum Gasteiger partial charge on any atom is -0.508 e. The Balaban J connectivity index is 2.23. The molecule has 1 aromatic heterocycles. The summed E-state index contributed by atoms with van der Waals surface area (Å²) in [7, 11) is 1.95. The number of benzene rings is 2. The van der Waals surface area contributed by atoms with Gasteiger partial charge in [-0.05, 0) is 36.4 Å². The van der Waals surface area contributed by atoms with Gasteiger partial charge < -0.3 is 9.67 Å². The predicted molar refractivity (Wildman–Crippen MR) is 72.8 cm³/mol. The zero-order valence-corrected chi connectivity index (χ0v) is 10.5. The van der Waals surface area contributed by atoms with Crippen molar-refractivity contribution in [1.29, 1.82) is 0 Å². The lowest BCUT2D eigenvalue weighted by atomic mass is 10.2. The molecule has 0 saturated carbocycles. The third kappa shape index (κ3) is 1.73. The summed E-state index contributed by atoms with van der Waals surface area (Å²) in [5.41, 5.74) is 2.76. The van der Waals surface area contributed by atoms with Crippen molar-refractivity contribution in [3.8, 4) is 17.1 Å². The number of nitrogens with zero attached hydrogens (tertiary/aromatic N) is 2. The number of aromatic nitrogens is 2. The monoisotopic (exact) mass is 258 g/mol. The molecule has 3 nitrogen and oxygen atoms in total.